The average Bonchev–Trinajstić information content (AvgIpc) is 2.85. The van der Waals surface area contributed by atoms with Crippen molar-refractivity contribution in [1.82, 2.24) is 10.2 Å². The standard InChI is InChI=1S/C13H12BrN3/c1-6-3-8(6)11-7(2)4-9-12(13(11)14)10(5-15)17-16-9/h4,6,8H,3H2,1-2H3,(H,16,17)/t6-,8+/m1/s1. The van der Waals surface area contributed by atoms with E-state index in [1.165, 1.54) is 17.5 Å². The summed E-state index contributed by atoms with van der Waals surface area (Å²) in [5, 5.41) is 16.9. The number of nitrogens with one attached hydrogen (secondary N) is 1. The van der Waals surface area contributed by atoms with Gasteiger partial charge in [0.25, 0.3) is 0 Å². The Morgan fingerprint density at radius 1 is 1.59 bits per heavy atom. The van der Waals surface area contributed by atoms with Crippen molar-refractivity contribution >= 4 is 26.8 Å². The van der Waals surface area contributed by atoms with E-state index in [2.05, 4.69) is 52.1 Å². The molecule has 17 heavy (non-hydrogen) atoms. The van der Waals surface area contributed by atoms with Crippen molar-refractivity contribution in [1.29, 1.82) is 5.26 Å². The number of aromatic nitrogens is 2. The number of aryl methyl sites for hydroxylation is 1. The number of halogens is 1. The molecule has 86 valence electrons. The Hall–Kier alpha value is -1.34. The molecule has 1 heterocycles. The van der Waals surface area contributed by atoms with Gasteiger partial charge in [0.15, 0.2) is 5.69 Å². The van der Waals surface area contributed by atoms with E-state index in [-0.39, 0.29) is 0 Å². The fourth-order valence-corrected chi connectivity index (χ4v) is 3.55. The summed E-state index contributed by atoms with van der Waals surface area (Å²) >= 11 is 3.66. The van der Waals surface area contributed by atoms with Gasteiger partial charge in [-0.05, 0) is 58.3 Å². The lowest BCUT2D eigenvalue weighted by molar-refractivity contribution is 0.906. The van der Waals surface area contributed by atoms with Gasteiger partial charge in [0, 0.05) is 4.47 Å². The number of nitriles is 1. The van der Waals surface area contributed by atoms with Crippen LogP contribution in [-0.2, 0) is 0 Å². The van der Waals surface area contributed by atoms with Gasteiger partial charge < -0.3 is 0 Å². The van der Waals surface area contributed by atoms with Crippen LogP contribution in [0.15, 0.2) is 10.5 Å². The number of hydrogen-bond donors (Lipinski definition) is 1. The summed E-state index contributed by atoms with van der Waals surface area (Å²) in [5.74, 6) is 1.38. The van der Waals surface area contributed by atoms with Crippen molar-refractivity contribution in [3.63, 3.8) is 0 Å². The topological polar surface area (TPSA) is 52.5 Å². The highest BCUT2D eigenvalue weighted by molar-refractivity contribution is 9.10. The van der Waals surface area contributed by atoms with E-state index in [9.17, 15) is 0 Å². The van der Waals surface area contributed by atoms with Crippen LogP contribution in [0.4, 0.5) is 0 Å². The number of aromatic amines is 1. The fourth-order valence-electron chi connectivity index (χ4n) is 2.54. The monoisotopic (exact) mass is 289 g/mol. The van der Waals surface area contributed by atoms with Crippen LogP contribution < -0.4 is 0 Å². The summed E-state index contributed by atoms with van der Waals surface area (Å²) in [6.45, 7) is 4.39. The van der Waals surface area contributed by atoms with Gasteiger partial charge in [-0.2, -0.15) is 10.4 Å². The molecule has 1 aromatic heterocycles. The Balaban J connectivity index is 2.33. The first kappa shape index (κ1) is 10.8. The second-order valence-electron chi connectivity index (χ2n) is 4.85. The molecule has 1 aromatic carbocycles. The third-order valence-corrected chi connectivity index (χ3v) is 4.45. The summed E-state index contributed by atoms with van der Waals surface area (Å²) in [5.41, 5.74) is 4.03. The van der Waals surface area contributed by atoms with Crippen LogP contribution in [0.25, 0.3) is 10.9 Å². The molecule has 2 atom stereocenters. The molecule has 0 aliphatic heterocycles. The van der Waals surface area contributed by atoms with Gasteiger partial charge in [-0.15, -0.1) is 0 Å². The van der Waals surface area contributed by atoms with Crippen LogP contribution in [0.2, 0.25) is 0 Å². The quantitative estimate of drug-likeness (QED) is 0.872. The lowest BCUT2D eigenvalue weighted by atomic mass is 10.00. The Bertz CT molecular complexity index is 651. The van der Waals surface area contributed by atoms with E-state index in [1.807, 2.05) is 0 Å². The van der Waals surface area contributed by atoms with Gasteiger partial charge in [-0.25, -0.2) is 0 Å². The molecule has 3 nitrogen and oxygen atoms in total. The first-order valence-corrected chi connectivity index (χ1v) is 6.50. The van der Waals surface area contributed by atoms with Gasteiger partial charge in [0.1, 0.15) is 6.07 Å². The van der Waals surface area contributed by atoms with E-state index in [0.29, 0.717) is 11.6 Å². The second kappa shape index (κ2) is 3.58. The fraction of sp³-hybridized carbons (Fsp3) is 0.385. The summed E-state index contributed by atoms with van der Waals surface area (Å²) in [6.07, 6.45) is 1.24. The number of benzene rings is 1. The Labute approximate surface area is 108 Å². The van der Waals surface area contributed by atoms with E-state index in [0.717, 1.165) is 21.3 Å². The highest BCUT2D eigenvalue weighted by Gasteiger charge is 2.37. The minimum atomic E-state index is 0.474. The highest BCUT2D eigenvalue weighted by atomic mass is 79.9. The van der Waals surface area contributed by atoms with Gasteiger partial charge in [0.05, 0.1) is 10.9 Å². The third-order valence-electron chi connectivity index (χ3n) is 3.62. The van der Waals surface area contributed by atoms with E-state index < -0.39 is 0 Å². The van der Waals surface area contributed by atoms with Crippen molar-refractivity contribution in [2.75, 3.05) is 0 Å². The molecule has 0 saturated heterocycles. The second-order valence-corrected chi connectivity index (χ2v) is 5.64. The first-order chi connectivity index (χ1) is 8.13. The number of rotatable bonds is 1. The van der Waals surface area contributed by atoms with Crippen LogP contribution in [-0.4, -0.2) is 10.2 Å². The minimum absolute atomic E-state index is 0.474. The molecule has 0 radical (unpaired) electrons. The zero-order valence-corrected chi connectivity index (χ0v) is 11.3. The Morgan fingerprint density at radius 2 is 2.29 bits per heavy atom. The van der Waals surface area contributed by atoms with Crippen molar-refractivity contribution in [2.24, 2.45) is 5.92 Å². The van der Waals surface area contributed by atoms with Crippen LogP contribution in [0, 0.1) is 24.2 Å². The molecule has 1 saturated carbocycles. The predicted octanol–water partition coefficient (Wildman–Crippen LogP) is 3.63. The SMILES string of the molecule is Cc1cc2[nH]nc(C#N)c2c(Br)c1[C@H]1C[C@H]1C. The van der Waals surface area contributed by atoms with E-state index in [1.54, 1.807) is 0 Å². The van der Waals surface area contributed by atoms with Gasteiger partial charge in [-0.1, -0.05) is 6.92 Å². The molecule has 1 fully saturated rings. The maximum absolute atomic E-state index is 9.06. The number of fused-ring (bicyclic) bond motifs is 1. The molecule has 0 unspecified atom stereocenters. The van der Waals surface area contributed by atoms with Gasteiger partial charge in [-0.3, -0.25) is 5.10 Å². The van der Waals surface area contributed by atoms with Crippen molar-refractivity contribution in [3.8, 4) is 6.07 Å². The molecular formula is C13H12BrN3. The minimum Gasteiger partial charge on any atom is -0.276 e. The number of H-pyrrole nitrogens is 1. The molecular weight excluding hydrogens is 278 g/mol. The maximum atomic E-state index is 9.06. The Kier molecular flexibility index (Phi) is 2.27. The summed E-state index contributed by atoms with van der Waals surface area (Å²) in [7, 11) is 0. The predicted molar refractivity (Wildman–Crippen MR) is 69.8 cm³/mol. The molecule has 4 heteroatoms. The molecule has 0 amide bonds. The van der Waals surface area contributed by atoms with Gasteiger partial charge in [0.2, 0.25) is 0 Å². The van der Waals surface area contributed by atoms with Crippen LogP contribution in [0.3, 0.4) is 0 Å². The molecule has 1 aliphatic carbocycles. The summed E-state index contributed by atoms with van der Waals surface area (Å²) < 4.78 is 1.05. The first-order valence-electron chi connectivity index (χ1n) is 5.70. The number of hydrogen-bond acceptors (Lipinski definition) is 2. The van der Waals surface area contributed by atoms with Crippen LogP contribution in [0.5, 0.6) is 0 Å². The van der Waals surface area contributed by atoms with Crippen molar-refractivity contribution in [2.45, 2.75) is 26.2 Å². The van der Waals surface area contributed by atoms with Crippen molar-refractivity contribution < 1.29 is 0 Å². The van der Waals surface area contributed by atoms with E-state index in [4.69, 9.17) is 5.26 Å². The summed E-state index contributed by atoms with van der Waals surface area (Å²) in [6, 6.07) is 4.23. The smallest absolute Gasteiger partial charge is 0.171 e. The number of nitrogens with zero attached hydrogens (tertiary/aromatic N) is 2. The van der Waals surface area contributed by atoms with Gasteiger partial charge >= 0.3 is 0 Å². The molecule has 0 spiro atoms. The molecule has 3 rings (SSSR count). The lowest BCUT2D eigenvalue weighted by Crippen LogP contribution is -1.91. The van der Waals surface area contributed by atoms with Crippen LogP contribution >= 0.6 is 15.9 Å². The molecule has 1 N–H and O–H groups in total. The van der Waals surface area contributed by atoms with Crippen molar-refractivity contribution in [3.05, 3.63) is 27.4 Å². The van der Waals surface area contributed by atoms with E-state index >= 15 is 0 Å². The Morgan fingerprint density at radius 3 is 2.88 bits per heavy atom. The normalized spacial score (nSPS) is 22.7. The van der Waals surface area contributed by atoms with Crippen LogP contribution in [0.1, 0.15) is 36.1 Å². The summed E-state index contributed by atoms with van der Waals surface area (Å²) in [4.78, 5) is 0. The third kappa shape index (κ3) is 1.49. The lowest BCUT2D eigenvalue weighted by Gasteiger charge is -2.09. The largest absolute Gasteiger partial charge is 0.276 e. The highest BCUT2D eigenvalue weighted by Crippen LogP contribution is 2.51. The zero-order valence-electron chi connectivity index (χ0n) is 9.71. The molecule has 2 aromatic rings. The molecule has 0 bridgehead atoms. The average molecular weight is 290 g/mol. The zero-order chi connectivity index (χ0) is 12.2. The molecule has 1 aliphatic rings. The maximum Gasteiger partial charge on any atom is 0.171 e.